The third-order valence-electron chi connectivity index (χ3n) is 3.55. The number of nitrogens with two attached hydrogens (primary N) is 1. The Bertz CT molecular complexity index is 925. The van der Waals surface area contributed by atoms with Gasteiger partial charge in [-0.3, -0.25) is 9.67 Å². The summed E-state index contributed by atoms with van der Waals surface area (Å²) in [6.07, 6.45) is 6.26. The number of aromatic nitrogens is 3. The fourth-order valence-electron chi connectivity index (χ4n) is 2.41. The first kappa shape index (κ1) is 17.4. The number of carbonyl (C=O) groups is 1. The zero-order valence-electron chi connectivity index (χ0n) is 14.1. The average molecular weight is 355 g/mol. The van der Waals surface area contributed by atoms with E-state index < -0.39 is 11.8 Å². The Morgan fingerprint density at radius 3 is 2.85 bits per heavy atom. The molecule has 0 unspecified atom stereocenters. The number of aryl methyl sites for hydroxylation is 1. The van der Waals surface area contributed by atoms with Gasteiger partial charge in [0.1, 0.15) is 17.3 Å². The van der Waals surface area contributed by atoms with Gasteiger partial charge in [-0.15, -0.1) is 0 Å². The maximum atomic E-state index is 14.0. The van der Waals surface area contributed by atoms with E-state index in [4.69, 9.17) is 10.5 Å². The van der Waals surface area contributed by atoms with E-state index in [1.54, 1.807) is 24.5 Å². The number of urea groups is 1. The van der Waals surface area contributed by atoms with Gasteiger partial charge in [0, 0.05) is 36.6 Å². The van der Waals surface area contributed by atoms with Gasteiger partial charge in [-0.25, -0.2) is 9.18 Å². The van der Waals surface area contributed by atoms with Crippen LogP contribution in [0.4, 0.5) is 14.9 Å². The number of hydrogen-bond donors (Lipinski definition) is 2. The van der Waals surface area contributed by atoms with Gasteiger partial charge < -0.3 is 15.8 Å². The molecule has 0 bridgehead atoms. The van der Waals surface area contributed by atoms with E-state index in [1.165, 1.54) is 18.2 Å². The molecule has 2 heterocycles. The smallest absolute Gasteiger partial charge is 0.316 e. The van der Waals surface area contributed by atoms with Crippen molar-refractivity contribution in [1.82, 2.24) is 14.8 Å². The minimum absolute atomic E-state index is 0.0106. The molecule has 2 amide bonds. The van der Waals surface area contributed by atoms with Gasteiger partial charge in [0.25, 0.3) is 0 Å². The number of carbonyl (C=O) groups excluding carboxylic acids is 1. The van der Waals surface area contributed by atoms with Crippen molar-refractivity contribution in [3.8, 4) is 22.8 Å². The molecule has 0 aliphatic heterocycles. The van der Waals surface area contributed by atoms with Crippen LogP contribution in [0.15, 0.2) is 48.9 Å². The monoisotopic (exact) mass is 355 g/mol. The molecular formula is C18H18FN5O2. The summed E-state index contributed by atoms with van der Waals surface area (Å²) in [4.78, 5) is 15.1. The van der Waals surface area contributed by atoms with E-state index in [-0.39, 0.29) is 11.4 Å². The molecule has 0 saturated heterocycles. The molecule has 8 heteroatoms. The number of nitrogens with one attached hydrogen (secondary N) is 1. The number of halogens is 1. The highest BCUT2D eigenvalue weighted by Crippen LogP contribution is 2.28. The SMILES string of the molecule is CCCn1cc(-c2cc(Oc3ccc(NC(N)=O)c(F)c3)ccn2)cn1. The summed E-state index contributed by atoms with van der Waals surface area (Å²) < 4.78 is 21.5. The highest BCUT2D eigenvalue weighted by Gasteiger charge is 2.09. The number of amides is 2. The Morgan fingerprint density at radius 1 is 1.31 bits per heavy atom. The van der Waals surface area contributed by atoms with Crippen LogP contribution in [0.2, 0.25) is 0 Å². The van der Waals surface area contributed by atoms with Crippen LogP contribution in [0.25, 0.3) is 11.3 Å². The van der Waals surface area contributed by atoms with E-state index >= 15 is 0 Å². The van der Waals surface area contributed by atoms with Crippen LogP contribution < -0.4 is 15.8 Å². The molecule has 1 aromatic carbocycles. The Labute approximate surface area is 149 Å². The van der Waals surface area contributed by atoms with Crippen LogP contribution in [-0.4, -0.2) is 20.8 Å². The molecule has 0 saturated carbocycles. The summed E-state index contributed by atoms with van der Waals surface area (Å²) in [5.41, 5.74) is 6.55. The molecule has 134 valence electrons. The number of nitrogens with zero attached hydrogens (tertiary/aromatic N) is 3. The molecule has 7 nitrogen and oxygen atoms in total. The first-order valence-corrected chi connectivity index (χ1v) is 8.08. The second-order valence-corrected chi connectivity index (χ2v) is 5.60. The van der Waals surface area contributed by atoms with Gasteiger partial charge in [-0.1, -0.05) is 6.92 Å². The fraction of sp³-hybridized carbons (Fsp3) is 0.167. The summed E-state index contributed by atoms with van der Waals surface area (Å²) in [5.74, 6) is 0.154. The summed E-state index contributed by atoms with van der Waals surface area (Å²) in [6, 6.07) is 6.68. The minimum atomic E-state index is -0.833. The lowest BCUT2D eigenvalue weighted by Gasteiger charge is -2.09. The lowest BCUT2D eigenvalue weighted by molar-refractivity contribution is 0.259. The molecule has 3 N–H and O–H groups in total. The molecule has 0 radical (unpaired) electrons. The predicted molar refractivity (Wildman–Crippen MR) is 95.4 cm³/mol. The summed E-state index contributed by atoms with van der Waals surface area (Å²) in [6.45, 7) is 2.92. The number of benzene rings is 1. The summed E-state index contributed by atoms with van der Waals surface area (Å²) in [5, 5.41) is 6.48. The van der Waals surface area contributed by atoms with Gasteiger partial charge in [0.05, 0.1) is 17.6 Å². The average Bonchev–Trinajstić information content (AvgIpc) is 3.06. The van der Waals surface area contributed by atoms with Crippen LogP contribution in [0.3, 0.4) is 0 Å². The minimum Gasteiger partial charge on any atom is -0.457 e. The van der Waals surface area contributed by atoms with Crippen molar-refractivity contribution in [2.45, 2.75) is 19.9 Å². The van der Waals surface area contributed by atoms with Gasteiger partial charge in [0.2, 0.25) is 0 Å². The normalized spacial score (nSPS) is 10.5. The van der Waals surface area contributed by atoms with Crippen LogP contribution >= 0.6 is 0 Å². The highest BCUT2D eigenvalue weighted by atomic mass is 19.1. The zero-order valence-corrected chi connectivity index (χ0v) is 14.1. The third-order valence-corrected chi connectivity index (χ3v) is 3.55. The van der Waals surface area contributed by atoms with Crippen LogP contribution in [0, 0.1) is 5.82 Å². The van der Waals surface area contributed by atoms with Gasteiger partial charge in [0.15, 0.2) is 0 Å². The molecule has 3 rings (SSSR count). The van der Waals surface area contributed by atoms with Crippen molar-refractivity contribution in [3.05, 3.63) is 54.7 Å². The summed E-state index contributed by atoms with van der Waals surface area (Å²) >= 11 is 0. The van der Waals surface area contributed by atoms with Crippen molar-refractivity contribution in [2.75, 3.05) is 5.32 Å². The molecule has 26 heavy (non-hydrogen) atoms. The topological polar surface area (TPSA) is 95.1 Å². The van der Waals surface area contributed by atoms with Crippen molar-refractivity contribution < 1.29 is 13.9 Å². The van der Waals surface area contributed by atoms with Crippen molar-refractivity contribution in [2.24, 2.45) is 5.73 Å². The van der Waals surface area contributed by atoms with Crippen molar-refractivity contribution in [3.63, 3.8) is 0 Å². The quantitative estimate of drug-likeness (QED) is 0.703. The Balaban J connectivity index is 1.78. The second-order valence-electron chi connectivity index (χ2n) is 5.60. The fourth-order valence-corrected chi connectivity index (χ4v) is 2.41. The molecule has 0 spiro atoms. The van der Waals surface area contributed by atoms with E-state index in [1.807, 2.05) is 10.9 Å². The van der Waals surface area contributed by atoms with E-state index in [2.05, 4.69) is 22.3 Å². The van der Waals surface area contributed by atoms with Crippen molar-refractivity contribution in [1.29, 1.82) is 0 Å². The van der Waals surface area contributed by atoms with Crippen LogP contribution in [0.5, 0.6) is 11.5 Å². The molecule has 0 aliphatic rings. The zero-order chi connectivity index (χ0) is 18.5. The van der Waals surface area contributed by atoms with E-state index in [0.29, 0.717) is 11.4 Å². The predicted octanol–water partition coefficient (Wildman–Crippen LogP) is 3.78. The second kappa shape index (κ2) is 7.64. The highest BCUT2D eigenvalue weighted by molar-refractivity contribution is 5.88. The number of ether oxygens (including phenoxy) is 1. The molecule has 0 fully saturated rings. The number of anilines is 1. The van der Waals surface area contributed by atoms with Gasteiger partial charge in [-0.05, 0) is 24.6 Å². The molecular weight excluding hydrogens is 337 g/mol. The van der Waals surface area contributed by atoms with E-state index in [9.17, 15) is 9.18 Å². The lowest BCUT2D eigenvalue weighted by atomic mass is 10.2. The first-order valence-electron chi connectivity index (χ1n) is 8.08. The van der Waals surface area contributed by atoms with Gasteiger partial charge in [-0.2, -0.15) is 5.10 Å². The van der Waals surface area contributed by atoms with Crippen LogP contribution in [0.1, 0.15) is 13.3 Å². The number of rotatable bonds is 6. The maximum Gasteiger partial charge on any atom is 0.316 e. The number of hydrogen-bond acceptors (Lipinski definition) is 4. The number of pyridine rings is 1. The van der Waals surface area contributed by atoms with Crippen molar-refractivity contribution >= 4 is 11.7 Å². The van der Waals surface area contributed by atoms with Crippen LogP contribution in [-0.2, 0) is 6.54 Å². The largest absolute Gasteiger partial charge is 0.457 e. The standard InChI is InChI=1S/C18H18FN5O2/c1-2-7-24-11-12(10-22-24)17-9-14(5-6-21-17)26-13-3-4-16(15(19)8-13)23-18(20)25/h3-6,8-11H,2,7H2,1H3,(H3,20,23,25). The molecule has 0 atom stereocenters. The Hall–Kier alpha value is -3.42. The first-order chi connectivity index (χ1) is 12.5. The molecule has 0 aliphatic carbocycles. The number of primary amides is 1. The lowest BCUT2D eigenvalue weighted by Crippen LogP contribution is -2.19. The summed E-state index contributed by atoms with van der Waals surface area (Å²) in [7, 11) is 0. The third kappa shape index (κ3) is 4.15. The van der Waals surface area contributed by atoms with Gasteiger partial charge >= 0.3 is 6.03 Å². The molecule has 2 aromatic heterocycles. The Morgan fingerprint density at radius 2 is 2.12 bits per heavy atom. The maximum absolute atomic E-state index is 14.0. The van der Waals surface area contributed by atoms with E-state index in [0.717, 1.165) is 18.5 Å². The molecule has 3 aromatic rings. The Kier molecular flexibility index (Phi) is 5.12.